The summed E-state index contributed by atoms with van der Waals surface area (Å²) in [5.41, 5.74) is -2.11. The average molecular weight is 402 g/mol. The Morgan fingerprint density at radius 2 is 1.67 bits per heavy atom. The van der Waals surface area contributed by atoms with Crippen molar-refractivity contribution in [2.24, 2.45) is 0 Å². The monoisotopic (exact) mass is 401 g/mol. The summed E-state index contributed by atoms with van der Waals surface area (Å²) in [4.78, 5) is 24.3. The van der Waals surface area contributed by atoms with Crippen LogP contribution >= 0.6 is 0 Å². The number of rotatable bonds is 9. The molecule has 0 bridgehead atoms. The van der Waals surface area contributed by atoms with Crippen molar-refractivity contribution in [3.05, 3.63) is 12.2 Å². The Balaban J connectivity index is 5.15. The highest BCUT2D eigenvalue weighted by Gasteiger charge is 2.41. The Kier molecular flexibility index (Phi) is 9.25. The van der Waals surface area contributed by atoms with Crippen LogP contribution in [0.3, 0.4) is 0 Å². The lowest BCUT2D eigenvalue weighted by Gasteiger charge is -2.36. The fraction of sp³-hybridized carbons (Fsp3) is 0.800. The first-order valence-electron chi connectivity index (χ1n) is 9.56. The molecule has 0 heterocycles. The van der Waals surface area contributed by atoms with E-state index in [1.807, 2.05) is 6.92 Å². The zero-order valence-electron chi connectivity index (χ0n) is 18.6. The minimum absolute atomic E-state index is 0.0938. The molecule has 0 radical (unpaired) electrons. The van der Waals surface area contributed by atoms with Crippen LogP contribution in [0.25, 0.3) is 0 Å². The van der Waals surface area contributed by atoms with Gasteiger partial charge in [-0.3, -0.25) is 0 Å². The molecule has 0 fully saturated rings. The van der Waals surface area contributed by atoms with Gasteiger partial charge in [-0.05, 0) is 65.1 Å². The van der Waals surface area contributed by atoms with Crippen LogP contribution < -0.4 is 5.32 Å². The van der Waals surface area contributed by atoms with Crippen LogP contribution in [0.2, 0.25) is 18.1 Å². The third kappa shape index (κ3) is 8.93. The van der Waals surface area contributed by atoms with Crippen molar-refractivity contribution in [1.82, 2.24) is 5.32 Å². The number of allylic oxidation sites excluding steroid dienone is 1. The summed E-state index contributed by atoms with van der Waals surface area (Å²) >= 11 is 0. The molecule has 158 valence electrons. The van der Waals surface area contributed by atoms with Crippen molar-refractivity contribution >= 4 is 20.4 Å². The predicted molar refractivity (Wildman–Crippen MR) is 112 cm³/mol. The molecule has 0 rings (SSSR count). The largest absolute Gasteiger partial charge is 0.479 e. The molecule has 27 heavy (non-hydrogen) atoms. The number of ether oxygens (including phenoxy) is 1. The Morgan fingerprint density at radius 3 is 2.07 bits per heavy atom. The van der Waals surface area contributed by atoms with E-state index in [1.165, 1.54) is 0 Å². The number of nitrogens with one attached hydrogen (secondary N) is 1. The van der Waals surface area contributed by atoms with E-state index in [2.05, 4.69) is 39.2 Å². The molecule has 6 nitrogen and oxygen atoms in total. The van der Waals surface area contributed by atoms with Crippen molar-refractivity contribution in [1.29, 1.82) is 0 Å². The number of alkyl carbamates (subject to hydrolysis) is 1. The molecule has 0 spiro atoms. The topological polar surface area (TPSA) is 84.9 Å². The van der Waals surface area contributed by atoms with Crippen LogP contribution in [0.4, 0.5) is 4.79 Å². The molecular formula is C20H39NO5Si. The molecule has 1 atom stereocenters. The second-order valence-electron chi connectivity index (χ2n) is 9.50. The normalized spacial score (nSPS) is 15.4. The first-order valence-corrected chi connectivity index (χ1v) is 12.5. The first-order chi connectivity index (χ1) is 12.1. The number of carboxylic acids is 1. The van der Waals surface area contributed by atoms with Crippen LogP contribution in [0.1, 0.15) is 67.7 Å². The van der Waals surface area contributed by atoms with Crippen molar-refractivity contribution in [2.75, 3.05) is 6.61 Å². The summed E-state index contributed by atoms with van der Waals surface area (Å²) < 4.78 is 11.4. The summed E-state index contributed by atoms with van der Waals surface area (Å²) in [6.07, 6.45) is 3.80. The molecule has 0 aliphatic carbocycles. The Bertz CT molecular complexity index is 531. The lowest BCUT2D eigenvalue weighted by atomic mass is 9.89. The number of hydrogen-bond donors (Lipinski definition) is 2. The summed E-state index contributed by atoms with van der Waals surface area (Å²) in [7, 11) is -1.89. The maximum absolute atomic E-state index is 12.2. The number of aliphatic carboxylic acids is 1. The fourth-order valence-electron chi connectivity index (χ4n) is 2.20. The maximum atomic E-state index is 12.2. The highest BCUT2D eigenvalue weighted by molar-refractivity contribution is 6.74. The van der Waals surface area contributed by atoms with Crippen LogP contribution in [0, 0.1) is 0 Å². The summed E-state index contributed by atoms with van der Waals surface area (Å²) in [6.45, 7) is 18.3. The molecule has 0 aromatic carbocycles. The zero-order chi connectivity index (χ0) is 21.5. The third-order valence-electron chi connectivity index (χ3n) is 4.87. The predicted octanol–water partition coefficient (Wildman–Crippen LogP) is 5.10. The number of carboxylic acid groups (broad SMARTS) is 1. The van der Waals surface area contributed by atoms with E-state index in [1.54, 1.807) is 32.9 Å². The van der Waals surface area contributed by atoms with E-state index in [0.717, 1.165) is 0 Å². The quantitative estimate of drug-likeness (QED) is 0.319. The lowest BCUT2D eigenvalue weighted by Crippen LogP contribution is -2.55. The van der Waals surface area contributed by atoms with Gasteiger partial charge in [0.25, 0.3) is 0 Å². The standard InChI is InChI=1S/C20H39NO5Si/c1-10-11-13-20(16(22)23,21-17(24)26-18(2,3)4)14-12-15-25-27(8,9)19(5,6)7/h10-11H,12-15H2,1-9H3,(H,21,24)(H,22,23). The lowest BCUT2D eigenvalue weighted by molar-refractivity contribution is -0.145. The van der Waals surface area contributed by atoms with Gasteiger partial charge >= 0.3 is 12.1 Å². The zero-order valence-corrected chi connectivity index (χ0v) is 19.6. The first kappa shape index (κ1) is 25.7. The van der Waals surface area contributed by atoms with Crippen LogP contribution in [-0.2, 0) is 14.0 Å². The molecule has 0 aliphatic heterocycles. The SMILES string of the molecule is CC=CCC(CCCO[Si](C)(C)C(C)(C)C)(NC(=O)OC(C)(C)C)C(=O)O. The molecule has 0 aromatic rings. The van der Waals surface area contributed by atoms with Crippen LogP contribution in [0.15, 0.2) is 12.2 Å². The van der Waals surface area contributed by atoms with E-state index in [4.69, 9.17) is 9.16 Å². The van der Waals surface area contributed by atoms with Crippen molar-refractivity contribution < 1.29 is 23.9 Å². The molecule has 2 N–H and O–H groups in total. The highest BCUT2D eigenvalue weighted by atomic mass is 28.4. The van der Waals surface area contributed by atoms with Crippen molar-refractivity contribution in [3.8, 4) is 0 Å². The maximum Gasteiger partial charge on any atom is 0.408 e. The number of carbonyl (C=O) groups is 2. The highest BCUT2D eigenvalue weighted by Crippen LogP contribution is 2.36. The van der Waals surface area contributed by atoms with Gasteiger partial charge in [-0.25, -0.2) is 9.59 Å². The summed E-state index contributed by atoms with van der Waals surface area (Å²) in [5.74, 6) is -1.07. The van der Waals surface area contributed by atoms with Crippen molar-refractivity contribution in [3.63, 3.8) is 0 Å². The summed E-state index contributed by atoms with van der Waals surface area (Å²) in [6, 6.07) is 0. The van der Waals surface area contributed by atoms with E-state index >= 15 is 0 Å². The van der Waals surface area contributed by atoms with Gasteiger partial charge in [-0.15, -0.1) is 0 Å². The van der Waals surface area contributed by atoms with Gasteiger partial charge in [-0.2, -0.15) is 0 Å². The average Bonchev–Trinajstić information content (AvgIpc) is 2.45. The second kappa shape index (κ2) is 9.73. The van der Waals surface area contributed by atoms with E-state index < -0.39 is 31.5 Å². The van der Waals surface area contributed by atoms with E-state index in [9.17, 15) is 14.7 Å². The van der Waals surface area contributed by atoms with Crippen LogP contribution in [-0.4, -0.2) is 43.2 Å². The minimum Gasteiger partial charge on any atom is -0.479 e. The Hall–Kier alpha value is -1.34. The van der Waals surface area contributed by atoms with Crippen molar-refractivity contribution in [2.45, 2.75) is 97.0 Å². The number of amides is 1. The van der Waals surface area contributed by atoms with Gasteiger partial charge in [0.2, 0.25) is 0 Å². The van der Waals surface area contributed by atoms with Gasteiger partial charge in [0.15, 0.2) is 8.32 Å². The number of hydrogen-bond acceptors (Lipinski definition) is 4. The number of carbonyl (C=O) groups excluding carboxylic acids is 1. The van der Waals surface area contributed by atoms with Gasteiger partial charge in [0.1, 0.15) is 11.1 Å². The summed E-state index contributed by atoms with van der Waals surface area (Å²) in [5, 5.41) is 12.5. The fourth-order valence-corrected chi connectivity index (χ4v) is 3.29. The second-order valence-corrected chi connectivity index (χ2v) is 14.3. The molecular weight excluding hydrogens is 362 g/mol. The van der Waals surface area contributed by atoms with Gasteiger partial charge in [-0.1, -0.05) is 32.9 Å². The van der Waals surface area contributed by atoms with Gasteiger partial charge in [0, 0.05) is 6.61 Å². The van der Waals surface area contributed by atoms with E-state index in [0.29, 0.717) is 13.0 Å². The molecule has 1 unspecified atom stereocenters. The van der Waals surface area contributed by atoms with Gasteiger partial charge < -0.3 is 19.6 Å². The molecule has 1 amide bonds. The van der Waals surface area contributed by atoms with Gasteiger partial charge in [0.05, 0.1) is 0 Å². The molecule has 7 heteroatoms. The molecule has 0 aromatic heterocycles. The minimum atomic E-state index is -1.89. The van der Waals surface area contributed by atoms with Crippen LogP contribution in [0.5, 0.6) is 0 Å². The smallest absolute Gasteiger partial charge is 0.408 e. The third-order valence-corrected chi connectivity index (χ3v) is 9.41. The molecule has 0 saturated carbocycles. The molecule has 0 aliphatic rings. The Morgan fingerprint density at radius 1 is 1.11 bits per heavy atom. The molecule has 0 saturated heterocycles. The van der Waals surface area contributed by atoms with E-state index in [-0.39, 0.29) is 17.9 Å². The Labute approximate surface area is 165 Å².